The van der Waals surface area contributed by atoms with Crippen molar-refractivity contribution >= 4 is 54.8 Å². The zero-order chi connectivity index (χ0) is 51.0. The van der Waals surface area contributed by atoms with Gasteiger partial charge in [-0.05, 0) is 73.2 Å². The van der Waals surface area contributed by atoms with Crippen LogP contribution in [0.25, 0.3) is 11.1 Å². The summed E-state index contributed by atoms with van der Waals surface area (Å²) in [6.45, 7) is 12.7. The van der Waals surface area contributed by atoms with E-state index in [1.165, 1.54) is 30.1 Å². The van der Waals surface area contributed by atoms with E-state index in [1.807, 2.05) is 28.0 Å². The van der Waals surface area contributed by atoms with E-state index in [4.69, 9.17) is 11.1 Å². The highest BCUT2D eigenvalue weighted by molar-refractivity contribution is 7.59. The van der Waals surface area contributed by atoms with E-state index < -0.39 is 11.7 Å². The molecule has 73 heavy (non-hydrogen) atoms. The summed E-state index contributed by atoms with van der Waals surface area (Å²) >= 11 is 0. The van der Waals surface area contributed by atoms with Gasteiger partial charge in [0.05, 0.1) is 24.3 Å². The molecule has 2 aromatic heterocycles. The number of likely N-dealkylation sites (tertiary alicyclic amines) is 1. The highest BCUT2D eigenvalue weighted by Crippen LogP contribution is 2.28. The fourth-order valence-electron chi connectivity index (χ4n) is 9.16. The van der Waals surface area contributed by atoms with Gasteiger partial charge in [0, 0.05) is 132 Å². The summed E-state index contributed by atoms with van der Waals surface area (Å²) in [5.41, 5.74) is 11.3. The van der Waals surface area contributed by atoms with Gasteiger partial charge in [-0.1, -0.05) is 55.5 Å². The van der Waals surface area contributed by atoms with Crippen molar-refractivity contribution < 1.29 is 28.4 Å². The molecule has 19 heteroatoms. The number of amides is 4. The Hall–Kier alpha value is -6.77. The quantitative estimate of drug-likeness (QED) is 0.0748. The number of aromatic nitrogens is 3. The van der Waals surface area contributed by atoms with Crippen LogP contribution in [0.1, 0.15) is 73.2 Å². The van der Waals surface area contributed by atoms with Gasteiger partial charge in [-0.3, -0.25) is 28.9 Å². The summed E-state index contributed by atoms with van der Waals surface area (Å²) in [5, 5.41) is 14.2. The third-order valence-electron chi connectivity index (χ3n) is 13.4. The lowest BCUT2D eigenvalue weighted by Gasteiger charge is -2.39. The number of likely N-dealkylation sites (N-methyl/N-ethyl adjacent to an activating group) is 1. The minimum Gasteiger partial charge on any atom is -0.366 e. The van der Waals surface area contributed by atoms with Gasteiger partial charge >= 0.3 is 0 Å². The van der Waals surface area contributed by atoms with Gasteiger partial charge in [0.15, 0.2) is 12.0 Å². The SMILES string of the molecule is CCc1cccc(-c2cnc(C(=O)N3CCC(CN4CCN(CC(=O)N5CCN(C)CC5)CC4)CC3)c(NC(=O)CNCc3cncnc3)c2)c1.N=C(Cc1ccc(F)c(C=O)c1)c1ccccc1C(N)=O.S. The summed E-state index contributed by atoms with van der Waals surface area (Å²) in [7, 11) is 2.11. The van der Waals surface area contributed by atoms with Gasteiger partial charge in [0.2, 0.25) is 17.7 Å². The number of rotatable bonds is 17. The molecule has 3 fully saturated rings. The number of piperidine rings is 1. The molecule has 4 amide bonds. The van der Waals surface area contributed by atoms with Crippen molar-refractivity contribution in [3.05, 3.63) is 143 Å². The van der Waals surface area contributed by atoms with Crippen LogP contribution in [0.4, 0.5) is 10.1 Å². The number of hydrogen-bond acceptors (Lipinski definition) is 13. The number of primary amides is 1. The number of piperazine rings is 2. The smallest absolute Gasteiger partial charge is 0.274 e. The first kappa shape index (κ1) is 55.5. The molecule has 3 saturated heterocycles. The first-order valence-corrected chi connectivity index (χ1v) is 24.6. The molecule has 0 saturated carbocycles. The molecule has 3 aliphatic heterocycles. The standard InChI is InChI=1S/C38H52N10O3.C16H13FN2O2.H2S/c1-3-29-5-4-6-32(19-29)33-20-34(43-35(49)25-39-21-31-22-40-28-41-23-31)37(42-24-33)38(51)48-9-7-30(8-10-48)26-45-13-15-46(16-14-45)27-36(50)47-17-11-44(2)12-18-47;17-14-6-5-10(7-11(14)9-20)8-15(18)12-3-1-2-4-13(12)16(19)21;/h4-6,19-20,22-24,28,30,39H,3,7-18,21,25-27H2,1-2H3,(H,43,49);1-7,9,18H,8H2,(H2,19,21);1H2. The van der Waals surface area contributed by atoms with Crippen LogP contribution in [0.2, 0.25) is 0 Å². The molecule has 3 aliphatic rings. The van der Waals surface area contributed by atoms with Crippen molar-refractivity contribution in [1.82, 2.24) is 44.8 Å². The predicted octanol–water partition coefficient (Wildman–Crippen LogP) is 4.53. The van der Waals surface area contributed by atoms with Crippen LogP contribution in [0.15, 0.2) is 97.7 Å². The Labute approximate surface area is 433 Å². The summed E-state index contributed by atoms with van der Waals surface area (Å²) in [5.74, 6) is -0.869. The van der Waals surface area contributed by atoms with E-state index in [0.717, 1.165) is 94.9 Å². The van der Waals surface area contributed by atoms with Gasteiger partial charge in [-0.2, -0.15) is 13.5 Å². The molecule has 0 atom stereocenters. The van der Waals surface area contributed by atoms with Gasteiger partial charge < -0.3 is 41.4 Å². The summed E-state index contributed by atoms with van der Waals surface area (Å²) in [4.78, 5) is 85.6. The van der Waals surface area contributed by atoms with E-state index >= 15 is 0 Å². The van der Waals surface area contributed by atoms with Crippen LogP contribution in [0.3, 0.4) is 0 Å². The number of aldehydes is 1. The fraction of sp³-hybridized carbons (Fsp3) is 0.389. The third kappa shape index (κ3) is 15.9. The van der Waals surface area contributed by atoms with Crippen LogP contribution in [0, 0.1) is 17.1 Å². The van der Waals surface area contributed by atoms with E-state index in [-0.39, 0.29) is 66.7 Å². The van der Waals surface area contributed by atoms with Crippen molar-refractivity contribution in [2.24, 2.45) is 11.7 Å². The summed E-state index contributed by atoms with van der Waals surface area (Å²) in [6.07, 6.45) is 9.96. The Morgan fingerprint density at radius 2 is 1.48 bits per heavy atom. The van der Waals surface area contributed by atoms with Gasteiger partial charge in [-0.15, -0.1) is 0 Å². The van der Waals surface area contributed by atoms with Crippen molar-refractivity contribution in [1.29, 1.82) is 5.41 Å². The third-order valence-corrected chi connectivity index (χ3v) is 13.4. The second-order valence-corrected chi connectivity index (χ2v) is 18.6. The zero-order valence-electron chi connectivity index (χ0n) is 41.7. The van der Waals surface area contributed by atoms with Crippen molar-refractivity contribution in [2.75, 3.05) is 97.4 Å². The predicted molar refractivity (Wildman–Crippen MR) is 285 cm³/mol. The molecule has 0 radical (unpaired) electrons. The number of hydrogen-bond donors (Lipinski definition) is 4. The minimum atomic E-state index is -0.608. The molecule has 386 valence electrons. The number of benzene rings is 3. The van der Waals surface area contributed by atoms with Gasteiger partial charge in [0.1, 0.15) is 12.1 Å². The maximum atomic E-state index is 13.9. The highest BCUT2D eigenvalue weighted by Gasteiger charge is 2.30. The number of carbonyl (C=O) groups is 5. The number of nitrogens with one attached hydrogen (secondary N) is 3. The average Bonchev–Trinajstić information content (AvgIpc) is 3.40. The van der Waals surface area contributed by atoms with E-state index in [0.29, 0.717) is 55.2 Å². The average molecular weight is 1020 g/mol. The molecule has 0 spiro atoms. The molecular weight excluding hydrogens is 948 g/mol. The largest absolute Gasteiger partial charge is 0.366 e. The lowest BCUT2D eigenvalue weighted by Crippen LogP contribution is -2.53. The monoisotopic (exact) mass is 1010 g/mol. The first-order valence-electron chi connectivity index (χ1n) is 24.6. The second kappa shape index (κ2) is 27.3. The topological polar surface area (TPSA) is 214 Å². The number of anilines is 1. The second-order valence-electron chi connectivity index (χ2n) is 18.6. The van der Waals surface area contributed by atoms with E-state index in [1.54, 1.807) is 42.9 Å². The summed E-state index contributed by atoms with van der Waals surface area (Å²) < 4.78 is 13.3. The molecule has 3 aromatic carbocycles. The Balaban J connectivity index is 0.000000331. The Bertz CT molecular complexity index is 2690. The molecule has 5 heterocycles. The molecule has 5 aromatic rings. The number of aryl methyl sites for hydroxylation is 1. The van der Waals surface area contributed by atoms with Crippen LogP contribution >= 0.6 is 13.5 Å². The van der Waals surface area contributed by atoms with E-state index in [9.17, 15) is 28.4 Å². The van der Waals surface area contributed by atoms with Crippen molar-refractivity contribution in [2.45, 2.75) is 39.2 Å². The lowest BCUT2D eigenvalue weighted by molar-refractivity contribution is -0.134. The van der Waals surface area contributed by atoms with Gasteiger partial charge in [0.25, 0.3) is 5.91 Å². The van der Waals surface area contributed by atoms with Crippen molar-refractivity contribution in [3.8, 4) is 11.1 Å². The molecule has 8 rings (SSSR count). The molecule has 0 bridgehead atoms. The van der Waals surface area contributed by atoms with Crippen LogP contribution in [-0.4, -0.2) is 167 Å². The normalized spacial score (nSPS) is 15.6. The number of carbonyl (C=O) groups excluding carboxylic acids is 5. The summed E-state index contributed by atoms with van der Waals surface area (Å²) in [6, 6.07) is 20.7. The Morgan fingerprint density at radius 1 is 0.781 bits per heavy atom. The minimum absolute atomic E-state index is 0. The first-order chi connectivity index (χ1) is 34.9. The van der Waals surface area contributed by atoms with E-state index in [2.05, 4.69) is 66.4 Å². The number of halogens is 1. The zero-order valence-corrected chi connectivity index (χ0v) is 42.7. The number of pyridine rings is 1. The van der Waals surface area contributed by atoms with Gasteiger partial charge in [-0.25, -0.2) is 19.3 Å². The number of nitrogens with two attached hydrogens (primary N) is 1. The highest BCUT2D eigenvalue weighted by atomic mass is 32.1. The number of nitrogens with zero attached hydrogens (tertiary/aromatic N) is 8. The maximum Gasteiger partial charge on any atom is 0.274 e. The fourth-order valence-corrected chi connectivity index (χ4v) is 9.16. The van der Waals surface area contributed by atoms with Crippen LogP contribution in [-0.2, 0) is 29.0 Å². The molecule has 17 nitrogen and oxygen atoms in total. The molecular formula is C54H67FN12O5S. The molecule has 0 unspecified atom stereocenters. The Kier molecular flexibility index (Phi) is 20.8. The van der Waals surface area contributed by atoms with Crippen molar-refractivity contribution in [3.63, 3.8) is 0 Å². The van der Waals surface area contributed by atoms with Crippen LogP contribution in [0.5, 0.6) is 0 Å². The lowest BCUT2D eigenvalue weighted by atomic mass is 9.95. The van der Waals surface area contributed by atoms with Crippen LogP contribution < -0.4 is 16.4 Å². The molecule has 0 aliphatic carbocycles. The molecule has 5 N–H and O–H groups in total. The Morgan fingerprint density at radius 3 is 2.16 bits per heavy atom. The maximum absolute atomic E-state index is 13.9.